The number of hydrogen-bond acceptors (Lipinski definition) is 3. The van der Waals surface area contributed by atoms with Gasteiger partial charge in [-0.25, -0.2) is 4.79 Å². The summed E-state index contributed by atoms with van der Waals surface area (Å²) in [6.07, 6.45) is 3.28. The molecule has 0 aliphatic carbocycles. The summed E-state index contributed by atoms with van der Waals surface area (Å²) in [5, 5.41) is 0. The summed E-state index contributed by atoms with van der Waals surface area (Å²) >= 11 is 0. The molecule has 0 spiro atoms. The minimum Gasteiger partial charge on any atom is -0.444 e. The van der Waals surface area contributed by atoms with Crippen molar-refractivity contribution in [2.75, 3.05) is 7.05 Å². The summed E-state index contributed by atoms with van der Waals surface area (Å²) in [5.74, 6) is 0. The number of aldehydes is 1. The lowest BCUT2D eigenvalue weighted by Crippen LogP contribution is -2.38. The fourth-order valence-electron chi connectivity index (χ4n) is 0.835. The summed E-state index contributed by atoms with van der Waals surface area (Å²) in [4.78, 5) is 23.1. The molecule has 0 rings (SSSR count). The molecule has 0 N–H and O–H groups in total. The van der Waals surface area contributed by atoms with Gasteiger partial charge in [0.1, 0.15) is 11.9 Å². The van der Waals surface area contributed by atoms with Gasteiger partial charge < -0.3 is 9.64 Å². The van der Waals surface area contributed by atoms with Gasteiger partial charge in [-0.15, -0.1) is 0 Å². The standard InChI is InChI=1S/C11H19NO3/c1-9(7-6-8-13)12(5)10(14)15-11(2,3)4/h6-9H,1-5H3/b7-6+. The average molecular weight is 213 g/mol. The Hall–Kier alpha value is -1.32. The maximum atomic E-state index is 11.5. The van der Waals surface area contributed by atoms with Crippen LogP contribution in [-0.2, 0) is 9.53 Å². The van der Waals surface area contributed by atoms with E-state index < -0.39 is 11.7 Å². The largest absolute Gasteiger partial charge is 0.444 e. The summed E-state index contributed by atoms with van der Waals surface area (Å²) in [5.41, 5.74) is -0.501. The molecule has 0 aliphatic rings. The number of carbonyl (C=O) groups excluding carboxylic acids is 2. The molecule has 86 valence electrons. The van der Waals surface area contributed by atoms with Crippen molar-refractivity contribution in [1.29, 1.82) is 0 Å². The summed E-state index contributed by atoms with van der Waals surface area (Å²) < 4.78 is 5.17. The van der Waals surface area contributed by atoms with Crippen LogP contribution in [0.25, 0.3) is 0 Å². The molecule has 0 radical (unpaired) electrons. The smallest absolute Gasteiger partial charge is 0.410 e. The van der Waals surface area contributed by atoms with Gasteiger partial charge in [-0.05, 0) is 33.8 Å². The molecule has 15 heavy (non-hydrogen) atoms. The lowest BCUT2D eigenvalue weighted by Gasteiger charge is -2.27. The highest BCUT2D eigenvalue weighted by atomic mass is 16.6. The van der Waals surface area contributed by atoms with Crippen molar-refractivity contribution in [2.24, 2.45) is 0 Å². The number of carbonyl (C=O) groups is 2. The zero-order chi connectivity index (χ0) is 12.1. The summed E-state index contributed by atoms with van der Waals surface area (Å²) in [7, 11) is 1.63. The fourth-order valence-corrected chi connectivity index (χ4v) is 0.835. The molecule has 0 aromatic carbocycles. The second-order valence-corrected chi connectivity index (χ2v) is 4.35. The van der Waals surface area contributed by atoms with E-state index >= 15 is 0 Å². The minimum atomic E-state index is -0.501. The third-order valence-corrected chi connectivity index (χ3v) is 1.76. The number of amides is 1. The van der Waals surface area contributed by atoms with E-state index in [1.165, 1.54) is 11.0 Å². The Bertz CT molecular complexity index is 253. The van der Waals surface area contributed by atoms with Gasteiger partial charge in [0.25, 0.3) is 0 Å². The Kier molecular flexibility index (Phi) is 5.05. The Morgan fingerprint density at radius 3 is 2.33 bits per heavy atom. The zero-order valence-electron chi connectivity index (χ0n) is 9.98. The second-order valence-electron chi connectivity index (χ2n) is 4.35. The molecular weight excluding hydrogens is 194 g/mol. The van der Waals surface area contributed by atoms with E-state index in [1.807, 2.05) is 27.7 Å². The van der Waals surface area contributed by atoms with Gasteiger partial charge in [0.2, 0.25) is 0 Å². The van der Waals surface area contributed by atoms with Gasteiger partial charge >= 0.3 is 6.09 Å². The maximum Gasteiger partial charge on any atom is 0.410 e. The van der Waals surface area contributed by atoms with E-state index in [-0.39, 0.29) is 6.04 Å². The van der Waals surface area contributed by atoms with Crippen molar-refractivity contribution in [1.82, 2.24) is 4.90 Å². The highest BCUT2D eigenvalue weighted by molar-refractivity contribution is 5.69. The molecular formula is C11H19NO3. The normalized spacial score (nSPS) is 13.7. The Balaban J connectivity index is 4.31. The molecule has 0 aromatic rings. The third-order valence-electron chi connectivity index (χ3n) is 1.76. The van der Waals surface area contributed by atoms with Gasteiger partial charge in [0, 0.05) is 7.05 Å². The van der Waals surface area contributed by atoms with E-state index in [1.54, 1.807) is 13.1 Å². The van der Waals surface area contributed by atoms with E-state index in [0.29, 0.717) is 6.29 Å². The molecule has 1 unspecified atom stereocenters. The maximum absolute atomic E-state index is 11.5. The molecule has 0 saturated carbocycles. The molecule has 0 saturated heterocycles. The van der Waals surface area contributed by atoms with E-state index in [0.717, 1.165) is 0 Å². The van der Waals surface area contributed by atoms with Crippen molar-refractivity contribution in [2.45, 2.75) is 39.3 Å². The lowest BCUT2D eigenvalue weighted by molar-refractivity contribution is -0.104. The van der Waals surface area contributed by atoms with Crippen LogP contribution in [0.4, 0.5) is 4.79 Å². The topological polar surface area (TPSA) is 46.6 Å². The van der Waals surface area contributed by atoms with Gasteiger partial charge in [-0.3, -0.25) is 4.79 Å². The van der Waals surface area contributed by atoms with Crippen molar-refractivity contribution in [3.63, 3.8) is 0 Å². The average Bonchev–Trinajstić information content (AvgIpc) is 2.10. The SMILES string of the molecule is CC(/C=C/C=O)N(C)C(=O)OC(C)(C)C. The van der Waals surface area contributed by atoms with Gasteiger partial charge in [0.15, 0.2) is 0 Å². The predicted molar refractivity (Wildman–Crippen MR) is 58.7 cm³/mol. The van der Waals surface area contributed by atoms with Crippen LogP contribution in [0.1, 0.15) is 27.7 Å². The lowest BCUT2D eigenvalue weighted by atomic mass is 10.2. The van der Waals surface area contributed by atoms with Gasteiger partial charge in [-0.2, -0.15) is 0 Å². The zero-order valence-corrected chi connectivity index (χ0v) is 9.98. The van der Waals surface area contributed by atoms with Crippen LogP contribution < -0.4 is 0 Å². The minimum absolute atomic E-state index is 0.162. The number of allylic oxidation sites excluding steroid dienone is 1. The number of nitrogens with zero attached hydrogens (tertiary/aromatic N) is 1. The molecule has 0 aliphatic heterocycles. The van der Waals surface area contributed by atoms with Crippen LogP contribution in [-0.4, -0.2) is 36.0 Å². The summed E-state index contributed by atoms with van der Waals surface area (Å²) in [6, 6.07) is -0.162. The molecule has 0 bridgehead atoms. The van der Waals surface area contributed by atoms with Crippen LogP contribution in [0.15, 0.2) is 12.2 Å². The van der Waals surface area contributed by atoms with Crippen LogP contribution in [0.2, 0.25) is 0 Å². The van der Waals surface area contributed by atoms with Crippen molar-refractivity contribution >= 4 is 12.4 Å². The van der Waals surface area contributed by atoms with Crippen LogP contribution in [0.5, 0.6) is 0 Å². The predicted octanol–water partition coefficient (Wildman–Crippen LogP) is 2.00. The van der Waals surface area contributed by atoms with Gasteiger partial charge in [-0.1, -0.05) is 6.08 Å². The van der Waals surface area contributed by atoms with Crippen molar-refractivity contribution in [3.05, 3.63) is 12.2 Å². The first-order chi connectivity index (χ1) is 6.78. The first-order valence-corrected chi connectivity index (χ1v) is 4.85. The molecule has 0 fully saturated rings. The monoisotopic (exact) mass is 213 g/mol. The molecule has 0 heterocycles. The number of ether oxygens (including phenoxy) is 1. The van der Waals surface area contributed by atoms with Crippen molar-refractivity contribution in [3.8, 4) is 0 Å². The first-order valence-electron chi connectivity index (χ1n) is 4.85. The Morgan fingerprint density at radius 2 is 1.93 bits per heavy atom. The number of hydrogen-bond donors (Lipinski definition) is 0. The van der Waals surface area contributed by atoms with Crippen LogP contribution in [0, 0.1) is 0 Å². The van der Waals surface area contributed by atoms with Crippen molar-refractivity contribution < 1.29 is 14.3 Å². The molecule has 4 heteroatoms. The second kappa shape index (κ2) is 5.53. The quantitative estimate of drug-likeness (QED) is 0.532. The van der Waals surface area contributed by atoms with Crippen LogP contribution in [0.3, 0.4) is 0 Å². The fraction of sp³-hybridized carbons (Fsp3) is 0.636. The van der Waals surface area contributed by atoms with E-state index in [9.17, 15) is 9.59 Å². The highest BCUT2D eigenvalue weighted by Gasteiger charge is 2.21. The molecule has 1 atom stereocenters. The number of likely N-dealkylation sites (N-methyl/N-ethyl adjacent to an activating group) is 1. The van der Waals surface area contributed by atoms with E-state index in [2.05, 4.69) is 0 Å². The Morgan fingerprint density at radius 1 is 1.40 bits per heavy atom. The molecule has 4 nitrogen and oxygen atoms in total. The number of rotatable bonds is 3. The van der Waals surface area contributed by atoms with Crippen LogP contribution >= 0.6 is 0 Å². The third kappa shape index (κ3) is 5.88. The van der Waals surface area contributed by atoms with Gasteiger partial charge in [0.05, 0.1) is 6.04 Å². The van der Waals surface area contributed by atoms with E-state index in [4.69, 9.17) is 4.74 Å². The first kappa shape index (κ1) is 13.7. The highest BCUT2D eigenvalue weighted by Crippen LogP contribution is 2.10. The Labute approximate surface area is 90.9 Å². The molecule has 1 amide bonds. The summed E-state index contributed by atoms with van der Waals surface area (Å²) in [6.45, 7) is 7.24. The molecule has 0 aromatic heterocycles.